The zero-order chi connectivity index (χ0) is 13.8. The molecule has 0 radical (unpaired) electrons. The third kappa shape index (κ3) is 3.07. The van der Waals surface area contributed by atoms with Crippen molar-refractivity contribution < 1.29 is 14.3 Å². The molecule has 0 atom stereocenters. The molecule has 2 N–H and O–H groups in total. The van der Waals surface area contributed by atoms with Gasteiger partial charge in [-0.1, -0.05) is 17.7 Å². The van der Waals surface area contributed by atoms with Gasteiger partial charge < -0.3 is 10.4 Å². The lowest BCUT2D eigenvalue weighted by molar-refractivity contribution is 0.102. The van der Waals surface area contributed by atoms with Crippen LogP contribution in [0.3, 0.4) is 0 Å². The van der Waals surface area contributed by atoms with Crippen molar-refractivity contribution in [2.75, 3.05) is 5.32 Å². The number of halogens is 2. The molecule has 1 heterocycles. The van der Waals surface area contributed by atoms with E-state index < -0.39 is 11.7 Å². The van der Waals surface area contributed by atoms with Crippen LogP contribution in [-0.2, 0) is 6.61 Å². The van der Waals surface area contributed by atoms with E-state index in [1.165, 1.54) is 24.4 Å². The SMILES string of the molecule is O=C(Nc1cc(CO)ccn1)c1c(F)cccc1Cl. The second kappa shape index (κ2) is 5.77. The average Bonchev–Trinajstić information content (AvgIpc) is 2.38. The normalized spacial score (nSPS) is 10.3. The summed E-state index contributed by atoms with van der Waals surface area (Å²) in [6.45, 7) is -0.175. The summed E-state index contributed by atoms with van der Waals surface area (Å²) < 4.78 is 13.5. The monoisotopic (exact) mass is 280 g/mol. The number of aromatic nitrogens is 1. The van der Waals surface area contributed by atoms with Crippen molar-refractivity contribution in [3.05, 3.63) is 58.5 Å². The van der Waals surface area contributed by atoms with Crippen molar-refractivity contribution in [2.24, 2.45) is 0 Å². The van der Waals surface area contributed by atoms with Gasteiger partial charge in [-0.2, -0.15) is 0 Å². The number of carbonyl (C=O) groups is 1. The molecule has 19 heavy (non-hydrogen) atoms. The van der Waals surface area contributed by atoms with Gasteiger partial charge in [0.1, 0.15) is 11.6 Å². The average molecular weight is 281 g/mol. The Hall–Kier alpha value is -1.98. The molecule has 0 aliphatic carbocycles. The minimum atomic E-state index is -0.705. The maximum Gasteiger partial charge on any atom is 0.261 e. The molecule has 2 aromatic rings. The zero-order valence-electron chi connectivity index (χ0n) is 9.73. The van der Waals surface area contributed by atoms with Gasteiger partial charge in [0.15, 0.2) is 0 Å². The largest absolute Gasteiger partial charge is 0.392 e. The smallest absolute Gasteiger partial charge is 0.261 e. The summed E-state index contributed by atoms with van der Waals surface area (Å²) >= 11 is 5.79. The number of aliphatic hydroxyl groups is 1. The molecule has 0 aliphatic rings. The number of anilines is 1. The van der Waals surface area contributed by atoms with Crippen LogP contribution in [0, 0.1) is 5.82 Å². The third-order valence-corrected chi connectivity index (χ3v) is 2.75. The second-order valence-corrected chi connectivity index (χ2v) is 4.17. The van der Waals surface area contributed by atoms with E-state index in [1.54, 1.807) is 6.07 Å². The van der Waals surface area contributed by atoms with Gasteiger partial charge in [0.25, 0.3) is 5.91 Å². The summed E-state index contributed by atoms with van der Waals surface area (Å²) in [4.78, 5) is 15.8. The highest BCUT2D eigenvalue weighted by atomic mass is 35.5. The Morgan fingerprint density at radius 3 is 2.89 bits per heavy atom. The van der Waals surface area contributed by atoms with E-state index in [1.807, 2.05) is 0 Å². The molecule has 0 bridgehead atoms. The molecule has 0 unspecified atom stereocenters. The number of hydrogen-bond donors (Lipinski definition) is 2. The Bertz CT molecular complexity index is 599. The molecule has 1 amide bonds. The van der Waals surface area contributed by atoms with Gasteiger partial charge in [-0.25, -0.2) is 9.37 Å². The van der Waals surface area contributed by atoms with E-state index in [2.05, 4.69) is 10.3 Å². The molecular weight excluding hydrogens is 271 g/mol. The summed E-state index contributed by atoms with van der Waals surface area (Å²) in [6, 6.07) is 7.09. The number of nitrogens with zero attached hydrogens (tertiary/aromatic N) is 1. The van der Waals surface area contributed by atoms with Gasteiger partial charge in [0, 0.05) is 6.20 Å². The first kappa shape index (κ1) is 13.5. The summed E-state index contributed by atoms with van der Waals surface area (Å²) in [5, 5.41) is 11.4. The number of nitrogens with one attached hydrogen (secondary N) is 1. The first-order chi connectivity index (χ1) is 9.11. The molecule has 2 rings (SSSR count). The lowest BCUT2D eigenvalue weighted by Crippen LogP contribution is -2.15. The fourth-order valence-electron chi connectivity index (χ4n) is 1.53. The van der Waals surface area contributed by atoms with Crippen molar-refractivity contribution in [1.82, 2.24) is 4.98 Å². The van der Waals surface area contributed by atoms with E-state index in [9.17, 15) is 9.18 Å². The molecule has 0 saturated carbocycles. The molecular formula is C13H10ClFN2O2. The Labute approximate surface area is 113 Å². The molecule has 0 fully saturated rings. The number of aliphatic hydroxyl groups excluding tert-OH is 1. The summed E-state index contributed by atoms with van der Waals surface area (Å²) in [7, 11) is 0. The van der Waals surface area contributed by atoms with Crippen molar-refractivity contribution in [1.29, 1.82) is 0 Å². The Balaban J connectivity index is 2.26. The third-order valence-electron chi connectivity index (χ3n) is 2.44. The molecule has 0 aliphatic heterocycles. The molecule has 0 spiro atoms. The van der Waals surface area contributed by atoms with Crippen molar-refractivity contribution in [3.8, 4) is 0 Å². The predicted molar refractivity (Wildman–Crippen MR) is 69.5 cm³/mol. The van der Waals surface area contributed by atoms with Gasteiger partial charge in [0.05, 0.1) is 17.2 Å². The molecule has 6 heteroatoms. The highest BCUT2D eigenvalue weighted by molar-refractivity contribution is 6.34. The Kier molecular flexibility index (Phi) is 4.09. The van der Waals surface area contributed by atoms with Gasteiger partial charge in [-0.05, 0) is 29.8 Å². The standard InChI is InChI=1S/C13H10ClFN2O2/c14-9-2-1-3-10(15)12(9)13(19)17-11-6-8(7-18)4-5-16-11/h1-6,18H,7H2,(H,16,17,19). The number of rotatable bonds is 3. The molecule has 98 valence electrons. The van der Waals surface area contributed by atoms with Crippen LogP contribution in [0.1, 0.15) is 15.9 Å². The highest BCUT2D eigenvalue weighted by Gasteiger charge is 2.16. The quantitative estimate of drug-likeness (QED) is 0.908. The van der Waals surface area contributed by atoms with Crippen LogP contribution in [0.4, 0.5) is 10.2 Å². The maximum atomic E-state index is 13.5. The first-order valence-electron chi connectivity index (χ1n) is 5.43. The van der Waals surface area contributed by atoms with E-state index in [4.69, 9.17) is 16.7 Å². The van der Waals surface area contributed by atoms with E-state index >= 15 is 0 Å². The van der Waals surface area contributed by atoms with Crippen LogP contribution in [0.25, 0.3) is 0 Å². The van der Waals surface area contributed by atoms with Crippen LogP contribution >= 0.6 is 11.6 Å². The van der Waals surface area contributed by atoms with E-state index in [-0.39, 0.29) is 23.0 Å². The van der Waals surface area contributed by atoms with Gasteiger partial charge in [0.2, 0.25) is 0 Å². The van der Waals surface area contributed by atoms with E-state index in [0.717, 1.165) is 6.07 Å². The molecule has 1 aromatic carbocycles. The van der Waals surface area contributed by atoms with Gasteiger partial charge >= 0.3 is 0 Å². The summed E-state index contributed by atoms with van der Waals surface area (Å²) in [5.41, 5.74) is 0.352. The fourth-order valence-corrected chi connectivity index (χ4v) is 1.78. The van der Waals surface area contributed by atoms with Crippen molar-refractivity contribution in [2.45, 2.75) is 6.61 Å². The summed E-state index contributed by atoms with van der Waals surface area (Å²) in [5.74, 6) is -1.18. The number of benzene rings is 1. The fraction of sp³-hybridized carbons (Fsp3) is 0.0769. The maximum absolute atomic E-state index is 13.5. The lowest BCUT2D eigenvalue weighted by Gasteiger charge is -2.07. The topological polar surface area (TPSA) is 62.2 Å². The van der Waals surface area contributed by atoms with Crippen LogP contribution < -0.4 is 5.32 Å². The zero-order valence-corrected chi connectivity index (χ0v) is 10.5. The van der Waals surface area contributed by atoms with Crippen molar-refractivity contribution >= 4 is 23.3 Å². The van der Waals surface area contributed by atoms with Crippen LogP contribution in [0.15, 0.2) is 36.5 Å². The Morgan fingerprint density at radius 2 is 2.21 bits per heavy atom. The minimum Gasteiger partial charge on any atom is -0.392 e. The van der Waals surface area contributed by atoms with Crippen LogP contribution in [-0.4, -0.2) is 16.0 Å². The predicted octanol–water partition coefficient (Wildman–Crippen LogP) is 2.62. The first-order valence-corrected chi connectivity index (χ1v) is 5.81. The van der Waals surface area contributed by atoms with Crippen LogP contribution in [0.2, 0.25) is 5.02 Å². The lowest BCUT2D eigenvalue weighted by atomic mass is 10.2. The number of carbonyl (C=O) groups excluding carboxylic acids is 1. The number of pyridine rings is 1. The molecule has 0 saturated heterocycles. The van der Waals surface area contributed by atoms with E-state index in [0.29, 0.717) is 5.56 Å². The summed E-state index contributed by atoms with van der Waals surface area (Å²) in [6.07, 6.45) is 1.43. The molecule has 4 nitrogen and oxygen atoms in total. The number of hydrogen-bond acceptors (Lipinski definition) is 3. The highest BCUT2D eigenvalue weighted by Crippen LogP contribution is 2.20. The van der Waals surface area contributed by atoms with Gasteiger partial charge in [-0.3, -0.25) is 4.79 Å². The Morgan fingerprint density at radius 1 is 1.42 bits per heavy atom. The number of amides is 1. The minimum absolute atomic E-state index is 0.0239. The van der Waals surface area contributed by atoms with Crippen LogP contribution in [0.5, 0.6) is 0 Å². The molecule has 1 aromatic heterocycles. The van der Waals surface area contributed by atoms with Gasteiger partial charge in [-0.15, -0.1) is 0 Å². The van der Waals surface area contributed by atoms with Crippen molar-refractivity contribution in [3.63, 3.8) is 0 Å². The second-order valence-electron chi connectivity index (χ2n) is 3.76.